The van der Waals surface area contributed by atoms with Crippen molar-refractivity contribution in [3.05, 3.63) is 0 Å². The van der Waals surface area contributed by atoms with Crippen molar-refractivity contribution < 1.29 is 0 Å². The van der Waals surface area contributed by atoms with E-state index in [4.69, 9.17) is 0 Å². The first-order valence-electron chi connectivity index (χ1n) is 3.39. The Balaban J connectivity index is 2.60. The fourth-order valence-electron chi connectivity index (χ4n) is 0.545. The summed E-state index contributed by atoms with van der Waals surface area (Å²) in [5, 5.41) is 6.54. The Kier molecular flexibility index (Phi) is 9.27. The van der Waals surface area contributed by atoms with E-state index in [9.17, 15) is 0 Å². The van der Waals surface area contributed by atoms with Crippen LogP contribution in [0.2, 0.25) is 0 Å². The number of halogens is 1. The van der Waals surface area contributed by atoms with E-state index >= 15 is 0 Å². The van der Waals surface area contributed by atoms with Gasteiger partial charge >= 0.3 is 0 Å². The number of alkyl halides is 1. The lowest BCUT2D eigenvalue weighted by Crippen LogP contribution is -2.26. The van der Waals surface area contributed by atoms with Crippen LogP contribution in [0.25, 0.3) is 0 Å². The van der Waals surface area contributed by atoms with Gasteiger partial charge in [-0.3, -0.25) is 0 Å². The first kappa shape index (κ1) is 9.65. The third kappa shape index (κ3) is 8.65. The largest absolute Gasteiger partial charge is 0.315 e. The maximum Gasteiger partial charge on any atom is 0.0480 e. The van der Waals surface area contributed by atoms with Gasteiger partial charge in [0.2, 0.25) is 0 Å². The third-order valence-corrected chi connectivity index (χ3v) is 1.54. The van der Waals surface area contributed by atoms with Gasteiger partial charge in [-0.2, -0.15) is 0 Å². The van der Waals surface area contributed by atoms with Gasteiger partial charge in [0.05, 0.1) is 0 Å². The zero-order valence-corrected chi connectivity index (χ0v) is 8.07. The SMILES string of the molecule is CCCNCCNCI. The summed E-state index contributed by atoms with van der Waals surface area (Å²) in [6, 6.07) is 0. The predicted molar refractivity (Wildman–Crippen MR) is 50.1 cm³/mol. The molecule has 3 heteroatoms. The molecule has 0 unspecified atom stereocenters. The van der Waals surface area contributed by atoms with E-state index in [0.29, 0.717) is 0 Å². The lowest BCUT2D eigenvalue weighted by atomic mass is 10.5. The van der Waals surface area contributed by atoms with E-state index in [0.717, 1.165) is 24.2 Å². The minimum Gasteiger partial charge on any atom is -0.315 e. The van der Waals surface area contributed by atoms with Gasteiger partial charge in [0.15, 0.2) is 0 Å². The van der Waals surface area contributed by atoms with Crippen LogP contribution >= 0.6 is 22.6 Å². The molecule has 0 heterocycles. The van der Waals surface area contributed by atoms with Gasteiger partial charge in [0, 0.05) is 17.6 Å². The molecule has 0 aromatic heterocycles. The third-order valence-electron chi connectivity index (χ3n) is 1.000. The van der Waals surface area contributed by atoms with Crippen LogP contribution in [0, 0.1) is 0 Å². The van der Waals surface area contributed by atoms with Crippen molar-refractivity contribution in [3.8, 4) is 0 Å². The van der Waals surface area contributed by atoms with Crippen molar-refractivity contribution in [3.63, 3.8) is 0 Å². The molecule has 0 bridgehead atoms. The van der Waals surface area contributed by atoms with Crippen LogP contribution in [-0.4, -0.2) is 24.2 Å². The molecule has 2 nitrogen and oxygen atoms in total. The molecule has 0 fully saturated rings. The quantitative estimate of drug-likeness (QED) is 0.314. The molecule has 2 N–H and O–H groups in total. The highest BCUT2D eigenvalue weighted by atomic mass is 127. The van der Waals surface area contributed by atoms with Crippen molar-refractivity contribution in [2.24, 2.45) is 0 Å². The summed E-state index contributed by atoms with van der Waals surface area (Å²) in [6.45, 7) is 5.50. The second-order valence-electron chi connectivity index (χ2n) is 1.88. The van der Waals surface area contributed by atoms with Crippen LogP contribution in [0.1, 0.15) is 13.3 Å². The van der Waals surface area contributed by atoms with Crippen LogP contribution in [0.5, 0.6) is 0 Å². The number of nitrogens with one attached hydrogen (secondary N) is 2. The summed E-state index contributed by atoms with van der Waals surface area (Å²) in [6.07, 6.45) is 1.23. The summed E-state index contributed by atoms with van der Waals surface area (Å²) in [5.41, 5.74) is 0. The Hall–Kier alpha value is 0.650. The van der Waals surface area contributed by atoms with Gasteiger partial charge in [-0.15, -0.1) is 0 Å². The molecule has 0 aliphatic heterocycles. The molecule has 0 saturated heterocycles. The molecule has 0 spiro atoms. The van der Waals surface area contributed by atoms with Gasteiger partial charge in [0.1, 0.15) is 0 Å². The van der Waals surface area contributed by atoms with Crippen LogP contribution < -0.4 is 10.6 Å². The number of rotatable bonds is 6. The first-order valence-corrected chi connectivity index (χ1v) is 4.91. The summed E-state index contributed by atoms with van der Waals surface area (Å²) in [5.74, 6) is 0. The molecular formula is C6H15IN2. The standard InChI is InChI=1S/C6H15IN2/c1-2-3-8-4-5-9-6-7/h8-9H,2-6H2,1H3. The highest BCUT2D eigenvalue weighted by molar-refractivity contribution is 14.1. The maximum absolute atomic E-state index is 3.30. The van der Waals surface area contributed by atoms with Gasteiger partial charge in [-0.25, -0.2) is 0 Å². The van der Waals surface area contributed by atoms with Gasteiger partial charge in [-0.1, -0.05) is 29.5 Å². The van der Waals surface area contributed by atoms with E-state index < -0.39 is 0 Å². The van der Waals surface area contributed by atoms with E-state index in [1.807, 2.05) is 0 Å². The van der Waals surface area contributed by atoms with Crippen LogP contribution in [-0.2, 0) is 0 Å². The summed E-state index contributed by atoms with van der Waals surface area (Å²) >= 11 is 2.31. The van der Waals surface area contributed by atoms with Crippen LogP contribution in [0.3, 0.4) is 0 Å². The highest BCUT2D eigenvalue weighted by Gasteiger charge is 1.82. The maximum atomic E-state index is 3.30. The molecule has 0 saturated carbocycles. The van der Waals surface area contributed by atoms with E-state index in [1.165, 1.54) is 6.42 Å². The molecule has 0 aromatic carbocycles. The van der Waals surface area contributed by atoms with Gasteiger partial charge < -0.3 is 10.6 Å². The summed E-state index contributed by atoms with van der Waals surface area (Å²) in [4.78, 5) is 0. The lowest BCUT2D eigenvalue weighted by molar-refractivity contribution is 0.639. The molecule has 0 rings (SSSR count). The molecule has 0 amide bonds. The number of hydrogen-bond acceptors (Lipinski definition) is 2. The Morgan fingerprint density at radius 2 is 1.78 bits per heavy atom. The molecule has 0 atom stereocenters. The summed E-state index contributed by atoms with van der Waals surface area (Å²) < 4.78 is 1.05. The van der Waals surface area contributed by atoms with Crippen molar-refractivity contribution >= 4 is 22.6 Å². The molecule has 0 aliphatic carbocycles. The molecule has 0 radical (unpaired) electrons. The molecule has 56 valence electrons. The second kappa shape index (κ2) is 8.65. The van der Waals surface area contributed by atoms with Crippen LogP contribution in [0.15, 0.2) is 0 Å². The molecule has 9 heavy (non-hydrogen) atoms. The average molecular weight is 242 g/mol. The Morgan fingerprint density at radius 3 is 2.33 bits per heavy atom. The molecule has 0 aliphatic rings. The minimum atomic E-state index is 1.05. The topological polar surface area (TPSA) is 24.1 Å². The van der Waals surface area contributed by atoms with Crippen molar-refractivity contribution in [2.45, 2.75) is 13.3 Å². The number of hydrogen-bond donors (Lipinski definition) is 2. The normalized spacial score (nSPS) is 10.0. The minimum absolute atomic E-state index is 1.05. The van der Waals surface area contributed by atoms with Crippen LogP contribution in [0.4, 0.5) is 0 Å². The predicted octanol–water partition coefficient (Wildman–Crippen LogP) is 0.968. The van der Waals surface area contributed by atoms with Gasteiger partial charge in [0.25, 0.3) is 0 Å². The average Bonchev–Trinajstić information content (AvgIpc) is 1.89. The Labute approximate surface area is 70.9 Å². The zero-order chi connectivity index (χ0) is 6.95. The van der Waals surface area contributed by atoms with Gasteiger partial charge in [-0.05, 0) is 13.0 Å². The van der Waals surface area contributed by atoms with E-state index in [-0.39, 0.29) is 0 Å². The Morgan fingerprint density at radius 1 is 1.11 bits per heavy atom. The second-order valence-corrected chi connectivity index (χ2v) is 2.65. The van der Waals surface area contributed by atoms with Crippen molar-refractivity contribution in [1.29, 1.82) is 0 Å². The highest BCUT2D eigenvalue weighted by Crippen LogP contribution is 1.72. The van der Waals surface area contributed by atoms with E-state index in [1.54, 1.807) is 0 Å². The fraction of sp³-hybridized carbons (Fsp3) is 1.00. The fourth-order valence-corrected chi connectivity index (χ4v) is 0.927. The van der Waals surface area contributed by atoms with Crippen molar-refractivity contribution in [2.75, 3.05) is 24.2 Å². The first-order chi connectivity index (χ1) is 4.41. The zero-order valence-electron chi connectivity index (χ0n) is 5.91. The van der Waals surface area contributed by atoms with E-state index in [2.05, 4.69) is 40.1 Å². The summed E-state index contributed by atoms with van der Waals surface area (Å²) in [7, 11) is 0. The lowest BCUT2D eigenvalue weighted by Gasteiger charge is -2.01. The van der Waals surface area contributed by atoms with Crippen molar-refractivity contribution in [1.82, 2.24) is 10.6 Å². The molecule has 0 aromatic rings. The monoisotopic (exact) mass is 242 g/mol. The smallest absolute Gasteiger partial charge is 0.0480 e. The Bertz CT molecular complexity index is 44.3. The molecular weight excluding hydrogens is 227 g/mol.